The van der Waals surface area contributed by atoms with Gasteiger partial charge in [0, 0.05) is 5.56 Å². The van der Waals surface area contributed by atoms with Crippen LogP contribution < -0.4 is 0 Å². The van der Waals surface area contributed by atoms with Gasteiger partial charge in [-0.05, 0) is 11.4 Å². The molecule has 0 saturated heterocycles. The minimum Gasteiger partial charge on any atom is -0.333 e. The van der Waals surface area contributed by atoms with Gasteiger partial charge in [0.25, 0.3) is 5.89 Å². The Morgan fingerprint density at radius 1 is 1.05 bits per heavy atom. The van der Waals surface area contributed by atoms with Crippen LogP contribution in [0.4, 0.5) is 0 Å². The van der Waals surface area contributed by atoms with E-state index in [9.17, 15) is 0 Å². The number of benzene rings is 1. The zero-order valence-electron chi connectivity index (χ0n) is 10.9. The van der Waals surface area contributed by atoms with Crippen LogP contribution >= 0.6 is 11.3 Å². The third-order valence-corrected chi connectivity index (χ3v) is 3.97. The zero-order chi connectivity index (χ0) is 14.1. The van der Waals surface area contributed by atoms with Gasteiger partial charge in [-0.1, -0.05) is 41.6 Å². The lowest BCUT2D eigenvalue weighted by Crippen LogP contribution is -1.82. The lowest BCUT2D eigenvalue weighted by Gasteiger charge is -1.98. The molecule has 21 heavy (non-hydrogen) atoms. The molecule has 0 bridgehead atoms. The van der Waals surface area contributed by atoms with Crippen LogP contribution in [-0.4, -0.2) is 20.3 Å². The van der Waals surface area contributed by atoms with E-state index in [0.717, 1.165) is 21.7 Å². The van der Waals surface area contributed by atoms with Crippen LogP contribution in [0.2, 0.25) is 0 Å². The van der Waals surface area contributed by atoms with E-state index in [-0.39, 0.29) is 0 Å². The molecule has 102 valence electrons. The highest BCUT2D eigenvalue weighted by Crippen LogP contribution is 2.30. The zero-order valence-corrected chi connectivity index (χ0v) is 11.7. The number of nitrogens with one attached hydrogen (secondary N) is 1. The Morgan fingerprint density at radius 2 is 1.95 bits per heavy atom. The van der Waals surface area contributed by atoms with Gasteiger partial charge in [0.2, 0.25) is 5.82 Å². The first-order valence-corrected chi connectivity index (χ1v) is 7.26. The van der Waals surface area contributed by atoms with E-state index < -0.39 is 0 Å². The molecule has 1 N–H and O–H groups in total. The minimum absolute atomic E-state index is 0.464. The van der Waals surface area contributed by atoms with Crippen molar-refractivity contribution in [3.05, 3.63) is 54.0 Å². The van der Waals surface area contributed by atoms with Crippen molar-refractivity contribution < 1.29 is 4.52 Å². The maximum atomic E-state index is 5.38. The van der Waals surface area contributed by atoms with Gasteiger partial charge < -0.3 is 4.52 Å². The summed E-state index contributed by atoms with van der Waals surface area (Å²) in [6.45, 7) is 0. The average Bonchev–Trinajstić information content (AvgIpc) is 3.27. The summed E-state index contributed by atoms with van der Waals surface area (Å²) < 4.78 is 5.38. The Labute approximate surface area is 124 Å². The normalized spacial score (nSPS) is 10.9. The van der Waals surface area contributed by atoms with E-state index in [1.165, 1.54) is 0 Å². The van der Waals surface area contributed by atoms with E-state index >= 15 is 0 Å². The first-order chi connectivity index (χ1) is 10.4. The number of H-pyrrole nitrogens is 1. The van der Waals surface area contributed by atoms with Gasteiger partial charge in [-0.2, -0.15) is 10.1 Å². The molecule has 4 aromatic rings. The van der Waals surface area contributed by atoms with Crippen LogP contribution in [-0.2, 0) is 0 Å². The number of hydrogen-bond acceptors (Lipinski definition) is 5. The number of thiophene rings is 1. The molecule has 0 aliphatic rings. The second-order valence-electron chi connectivity index (χ2n) is 4.43. The summed E-state index contributed by atoms with van der Waals surface area (Å²) >= 11 is 1.58. The summed E-state index contributed by atoms with van der Waals surface area (Å²) in [5, 5.41) is 13.1. The number of aromatic nitrogens is 4. The summed E-state index contributed by atoms with van der Waals surface area (Å²) in [5.41, 5.74) is 2.70. The third kappa shape index (κ3) is 2.15. The number of rotatable bonds is 3. The highest BCUT2D eigenvalue weighted by Gasteiger charge is 2.17. The average molecular weight is 294 g/mol. The van der Waals surface area contributed by atoms with E-state index in [4.69, 9.17) is 4.52 Å². The highest BCUT2D eigenvalue weighted by atomic mass is 32.1. The van der Waals surface area contributed by atoms with Crippen LogP contribution in [0.3, 0.4) is 0 Å². The van der Waals surface area contributed by atoms with Crippen molar-refractivity contribution >= 4 is 11.3 Å². The molecule has 0 unspecified atom stereocenters. The van der Waals surface area contributed by atoms with Gasteiger partial charge >= 0.3 is 0 Å². The molecule has 3 heterocycles. The van der Waals surface area contributed by atoms with Crippen molar-refractivity contribution in [3.8, 4) is 33.4 Å². The fourth-order valence-corrected chi connectivity index (χ4v) is 2.76. The van der Waals surface area contributed by atoms with Crippen molar-refractivity contribution in [2.75, 3.05) is 0 Å². The highest BCUT2D eigenvalue weighted by molar-refractivity contribution is 7.13. The fraction of sp³-hybridized carbons (Fsp3) is 0. The van der Waals surface area contributed by atoms with Crippen molar-refractivity contribution in [1.82, 2.24) is 20.3 Å². The van der Waals surface area contributed by atoms with Crippen LogP contribution in [0.15, 0.2) is 58.6 Å². The van der Waals surface area contributed by atoms with E-state index in [0.29, 0.717) is 11.7 Å². The summed E-state index contributed by atoms with van der Waals surface area (Å²) in [6.07, 6.45) is 1.70. The Balaban J connectivity index is 1.77. The molecule has 4 rings (SSSR count). The quantitative estimate of drug-likeness (QED) is 0.623. The van der Waals surface area contributed by atoms with Gasteiger partial charge in [-0.25, -0.2) is 0 Å². The summed E-state index contributed by atoms with van der Waals surface area (Å²) in [7, 11) is 0. The molecule has 0 amide bonds. The Hall–Kier alpha value is -2.73. The number of nitrogens with zero attached hydrogens (tertiary/aromatic N) is 3. The Morgan fingerprint density at radius 3 is 2.76 bits per heavy atom. The molecule has 0 radical (unpaired) electrons. The van der Waals surface area contributed by atoms with Crippen molar-refractivity contribution in [1.29, 1.82) is 0 Å². The molecule has 0 atom stereocenters. The van der Waals surface area contributed by atoms with Crippen LogP contribution in [0.25, 0.3) is 33.4 Å². The number of hydrogen-bond donors (Lipinski definition) is 1. The van der Waals surface area contributed by atoms with Gasteiger partial charge in [0.1, 0.15) is 0 Å². The largest absolute Gasteiger partial charge is 0.333 e. The third-order valence-electron chi connectivity index (χ3n) is 3.10. The molecule has 5 nitrogen and oxygen atoms in total. The van der Waals surface area contributed by atoms with Crippen molar-refractivity contribution in [2.24, 2.45) is 0 Å². The van der Waals surface area contributed by atoms with Gasteiger partial charge in [-0.15, -0.1) is 11.3 Å². The number of aromatic amines is 1. The molecule has 3 aromatic heterocycles. The predicted molar refractivity (Wildman–Crippen MR) is 80.6 cm³/mol. The van der Waals surface area contributed by atoms with Crippen LogP contribution in [0.5, 0.6) is 0 Å². The molecule has 0 saturated carbocycles. The Kier molecular flexibility index (Phi) is 2.86. The standard InChI is InChI=1S/C15H10N4OS/c1-2-5-10(6-3-1)13-11(9-16-18-13)15-17-14(19-20-15)12-7-4-8-21-12/h1-9H,(H,16,18). The lowest BCUT2D eigenvalue weighted by molar-refractivity contribution is 0.432. The van der Waals surface area contributed by atoms with E-state index in [1.54, 1.807) is 17.5 Å². The molecule has 0 aliphatic heterocycles. The summed E-state index contributed by atoms with van der Waals surface area (Å²) in [5.74, 6) is 1.06. The van der Waals surface area contributed by atoms with Gasteiger partial charge in [-0.3, -0.25) is 5.10 Å². The first kappa shape index (κ1) is 12.0. The minimum atomic E-state index is 0.464. The van der Waals surface area contributed by atoms with Gasteiger partial charge in [0.15, 0.2) is 0 Å². The SMILES string of the molecule is c1ccc(-c2[nH]ncc2-c2nc(-c3cccs3)no2)cc1. The van der Waals surface area contributed by atoms with Crippen LogP contribution in [0, 0.1) is 0 Å². The molecule has 0 spiro atoms. The predicted octanol–water partition coefficient (Wildman–Crippen LogP) is 3.86. The second kappa shape index (κ2) is 4.99. The smallest absolute Gasteiger partial charge is 0.262 e. The van der Waals surface area contributed by atoms with Crippen molar-refractivity contribution in [3.63, 3.8) is 0 Å². The maximum absolute atomic E-state index is 5.38. The fourth-order valence-electron chi connectivity index (χ4n) is 2.11. The first-order valence-electron chi connectivity index (χ1n) is 6.38. The van der Waals surface area contributed by atoms with Crippen LogP contribution in [0.1, 0.15) is 0 Å². The summed E-state index contributed by atoms with van der Waals surface area (Å²) in [4.78, 5) is 5.44. The molecular weight excluding hydrogens is 284 g/mol. The van der Waals surface area contributed by atoms with E-state index in [2.05, 4.69) is 20.3 Å². The van der Waals surface area contributed by atoms with E-state index in [1.807, 2.05) is 47.8 Å². The molecule has 6 heteroatoms. The molecule has 0 fully saturated rings. The Bertz CT molecular complexity index is 849. The lowest BCUT2D eigenvalue weighted by atomic mass is 10.1. The summed E-state index contributed by atoms with van der Waals surface area (Å²) in [6, 6.07) is 13.9. The monoisotopic (exact) mass is 294 g/mol. The molecular formula is C15H10N4OS. The maximum Gasteiger partial charge on any atom is 0.262 e. The second-order valence-corrected chi connectivity index (χ2v) is 5.37. The van der Waals surface area contributed by atoms with Gasteiger partial charge in [0.05, 0.1) is 22.3 Å². The topological polar surface area (TPSA) is 67.6 Å². The van der Waals surface area contributed by atoms with Crippen molar-refractivity contribution in [2.45, 2.75) is 0 Å². The molecule has 1 aromatic carbocycles. The molecule has 0 aliphatic carbocycles.